The highest BCUT2D eigenvalue weighted by Gasteiger charge is 2.38. The van der Waals surface area contributed by atoms with Gasteiger partial charge in [-0.1, -0.05) is 13.8 Å². The van der Waals surface area contributed by atoms with Crippen LogP contribution in [0.5, 0.6) is 0 Å². The van der Waals surface area contributed by atoms with Crippen molar-refractivity contribution in [1.29, 1.82) is 5.26 Å². The number of anilines is 2. The summed E-state index contributed by atoms with van der Waals surface area (Å²) in [4.78, 5) is 39.4. The van der Waals surface area contributed by atoms with Crippen molar-refractivity contribution in [3.63, 3.8) is 0 Å². The van der Waals surface area contributed by atoms with Gasteiger partial charge in [-0.15, -0.1) is 0 Å². The molecule has 2 aliphatic rings. The molecule has 5 heterocycles. The van der Waals surface area contributed by atoms with Crippen molar-refractivity contribution in [3.8, 4) is 17.2 Å². The standard InChI is InChI=1S/C30H28N7O2/c1-17-21(19-9-23(29(39)36(4)16-19)35-26-15-33-20(13-31)14-34-26)5-7-32-27(17)22-6-8-37-24(28(22)38)10-18-11-30(2,3)12-25(18)37/h5,7,9-10,14-16,22H,1,6,8,11-12H2,2-4H3,(H,34,35). The molecule has 1 atom stereocenters. The monoisotopic (exact) mass is 518 g/mol. The lowest BCUT2D eigenvalue weighted by atomic mass is 9.86. The molecule has 6 rings (SSSR count). The molecule has 0 amide bonds. The number of hydrogen-bond acceptors (Lipinski definition) is 7. The fraction of sp³-hybridized carbons (Fsp3) is 0.300. The van der Waals surface area contributed by atoms with E-state index in [0.29, 0.717) is 29.2 Å². The lowest BCUT2D eigenvalue weighted by Gasteiger charge is -2.27. The van der Waals surface area contributed by atoms with E-state index in [1.807, 2.05) is 12.1 Å². The summed E-state index contributed by atoms with van der Waals surface area (Å²) in [5.74, 6) is 0.0665. The van der Waals surface area contributed by atoms with E-state index >= 15 is 0 Å². The smallest absolute Gasteiger partial charge is 0.274 e. The summed E-state index contributed by atoms with van der Waals surface area (Å²) >= 11 is 0. The van der Waals surface area contributed by atoms with E-state index in [1.54, 1.807) is 25.5 Å². The van der Waals surface area contributed by atoms with Gasteiger partial charge in [0.15, 0.2) is 11.5 Å². The highest BCUT2D eigenvalue weighted by atomic mass is 16.1. The number of carbonyl (C=O) groups is 1. The van der Waals surface area contributed by atoms with Gasteiger partial charge in [0.1, 0.15) is 17.6 Å². The van der Waals surface area contributed by atoms with Crippen LogP contribution in [0.1, 0.15) is 64.9 Å². The second-order valence-electron chi connectivity index (χ2n) is 11.2. The predicted octanol–water partition coefficient (Wildman–Crippen LogP) is 4.33. The maximum absolute atomic E-state index is 13.7. The molecule has 9 nitrogen and oxygen atoms in total. The minimum atomic E-state index is -0.368. The minimum Gasteiger partial charge on any atom is -0.342 e. The van der Waals surface area contributed by atoms with Crippen LogP contribution in [0, 0.1) is 23.7 Å². The molecule has 1 aliphatic heterocycles. The summed E-state index contributed by atoms with van der Waals surface area (Å²) in [6.45, 7) is 9.66. The molecule has 0 fully saturated rings. The molecular formula is C30H28N7O2. The Morgan fingerprint density at radius 2 is 1.97 bits per heavy atom. The van der Waals surface area contributed by atoms with E-state index in [2.05, 4.69) is 51.7 Å². The molecule has 0 bridgehead atoms. The number of nitrogens with zero attached hydrogens (tertiary/aromatic N) is 6. The highest BCUT2D eigenvalue weighted by Crippen LogP contribution is 2.42. The summed E-state index contributed by atoms with van der Waals surface area (Å²) in [6, 6.07) is 7.59. The molecule has 0 saturated carbocycles. The summed E-state index contributed by atoms with van der Waals surface area (Å²) in [6.07, 6.45) is 8.84. The largest absolute Gasteiger partial charge is 0.342 e. The predicted molar refractivity (Wildman–Crippen MR) is 147 cm³/mol. The Balaban J connectivity index is 1.34. The third-order valence-corrected chi connectivity index (χ3v) is 7.77. The van der Waals surface area contributed by atoms with Gasteiger partial charge < -0.3 is 14.5 Å². The second kappa shape index (κ2) is 9.02. The molecule has 1 N–H and O–H groups in total. The van der Waals surface area contributed by atoms with Crippen LogP contribution in [0.25, 0.3) is 11.1 Å². The number of aryl methyl sites for hydroxylation is 1. The van der Waals surface area contributed by atoms with Gasteiger partial charge in [0.05, 0.1) is 29.7 Å². The van der Waals surface area contributed by atoms with Crippen LogP contribution in [0.2, 0.25) is 0 Å². The quantitative estimate of drug-likeness (QED) is 0.427. The minimum absolute atomic E-state index is 0.0882. The molecule has 4 aromatic heterocycles. The van der Waals surface area contributed by atoms with Crippen LogP contribution in [-0.4, -0.2) is 29.9 Å². The topological polar surface area (TPSA) is 118 Å². The Kier molecular flexibility index (Phi) is 5.72. The number of nitrogens with one attached hydrogen (secondary N) is 1. The number of fused-ring (bicyclic) bond motifs is 3. The number of pyridine rings is 2. The number of Topliss-reactive ketones (excluding diaryl/α,β-unsaturated/α-hetero) is 1. The molecule has 1 aliphatic carbocycles. The van der Waals surface area contributed by atoms with E-state index in [9.17, 15) is 9.59 Å². The van der Waals surface area contributed by atoms with E-state index in [4.69, 9.17) is 5.26 Å². The molecular weight excluding hydrogens is 490 g/mol. The Labute approximate surface area is 226 Å². The maximum atomic E-state index is 13.7. The number of aromatic nitrogens is 5. The number of ketones is 1. The van der Waals surface area contributed by atoms with Crippen molar-refractivity contribution in [3.05, 3.63) is 94.2 Å². The zero-order valence-corrected chi connectivity index (χ0v) is 22.2. The van der Waals surface area contributed by atoms with Crippen molar-refractivity contribution in [2.75, 3.05) is 5.32 Å². The van der Waals surface area contributed by atoms with Crippen molar-refractivity contribution in [2.24, 2.45) is 12.5 Å². The molecule has 9 heteroatoms. The number of carbonyl (C=O) groups excluding carboxylic acids is 1. The van der Waals surface area contributed by atoms with Gasteiger partial charge in [0.2, 0.25) is 0 Å². The first-order chi connectivity index (χ1) is 18.6. The lowest BCUT2D eigenvalue weighted by Crippen LogP contribution is -2.27. The van der Waals surface area contributed by atoms with E-state index in [0.717, 1.165) is 36.2 Å². The SMILES string of the molecule is [CH2]c1c(-c2cc(Nc3cnc(C#N)cn3)c(=O)n(C)c2)ccnc1C1CCn2c(cc3c2CC(C)(C)C3)C1=O. The van der Waals surface area contributed by atoms with Crippen molar-refractivity contribution in [2.45, 2.75) is 45.6 Å². The third kappa shape index (κ3) is 4.22. The molecule has 1 unspecified atom stereocenters. The maximum Gasteiger partial charge on any atom is 0.274 e. The van der Waals surface area contributed by atoms with E-state index in [-0.39, 0.29) is 28.4 Å². The number of nitriles is 1. The summed E-state index contributed by atoms with van der Waals surface area (Å²) in [5, 5.41) is 12.0. The van der Waals surface area contributed by atoms with Crippen molar-refractivity contribution in [1.82, 2.24) is 24.1 Å². The summed E-state index contributed by atoms with van der Waals surface area (Å²) in [7, 11) is 1.67. The first-order valence-electron chi connectivity index (χ1n) is 12.9. The van der Waals surface area contributed by atoms with E-state index in [1.165, 1.54) is 28.2 Å². The van der Waals surface area contributed by atoms with Gasteiger partial charge in [-0.05, 0) is 66.5 Å². The fourth-order valence-electron chi connectivity index (χ4n) is 5.94. The third-order valence-electron chi connectivity index (χ3n) is 7.77. The van der Waals surface area contributed by atoms with Crippen LogP contribution >= 0.6 is 0 Å². The second-order valence-corrected chi connectivity index (χ2v) is 11.2. The van der Waals surface area contributed by atoms with Gasteiger partial charge in [0.25, 0.3) is 5.56 Å². The van der Waals surface area contributed by atoms with Gasteiger partial charge >= 0.3 is 0 Å². The first-order valence-corrected chi connectivity index (χ1v) is 12.9. The molecule has 0 saturated heterocycles. The first kappa shape index (κ1) is 24.7. The Bertz CT molecular complexity index is 1740. The van der Waals surface area contributed by atoms with Gasteiger partial charge in [-0.3, -0.25) is 14.6 Å². The number of rotatable bonds is 4. The molecule has 39 heavy (non-hydrogen) atoms. The van der Waals surface area contributed by atoms with Crippen LogP contribution in [0.4, 0.5) is 11.5 Å². The average molecular weight is 519 g/mol. The van der Waals surface area contributed by atoms with Gasteiger partial charge in [-0.25, -0.2) is 9.97 Å². The lowest BCUT2D eigenvalue weighted by molar-refractivity contribution is 0.0922. The zero-order chi connectivity index (χ0) is 27.5. The Hall–Kier alpha value is -4.58. The van der Waals surface area contributed by atoms with Crippen LogP contribution < -0.4 is 10.9 Å². The van der Waals surface area contributed by atoms with Crippen LogP contribution in [0.3, 0.4) is 0 Å². The van der Waals surface area contributed by atoms with Gasteiger partial charge in [0, 0.05) is 37.2 Å². The Morgan fingerprint density at radius 3 is 2.72 bits per heavy atom. The molecule has 4 aromatic rings. The summed E-state index contributed by atoms with van der Waals surface area (Å²) in [5.41, 5.74) is 6.73. The van der Waals surface area contributed by atoms with Crippen LogP contribution in [0.15, 0.2) is 47.8 Å². The average Bonchev–Trinajstić information content (AvgIpc) is 3.40. The molecule has 1 radical (unpaired) electrons. The van der Waals surface area contributed by atoms with Crippen LogP contribution in [-0.2, 0) is 26.4 Å². The molecule has 195 valence electrons. The highest BCUT2D eigenvalue weighted by molar-refractivity contribution is 6.01. The van der Waals surface area contributed by atoms with Crippen molar-refractivity contribution < 1.29 is 4.79 Å². The zero-order valence-electron chi connectivity index (χ0n) is 22.2. The fourth-order valence-corrected chi connectivity index (χ4v) is 5.94. The summed E-state index contributed by atoms with van der Waals surface area (Å²) < 4.78 is 3.70. The molecule has 0 aromatic carbocycles. The normalized spacial score (nSPS) is 17.4. The Morgan fingerprint density at radius 1 is 1.15 bits per heavy atom. The number of hydrogen-bond donors (Lipinski definition) is 1. The molecule has 0 spiro atoms. The van der Waals surface area contributed by atoms with Gasteiger partial charge in [-0.2, -0.15) is 5.26 Å². The van der Waals surface area contributed by atoms with Crippen molar-refractivity contribution >= 4 is 17.3 Å². The van der Waals surface area contributed by atoms with E-state index < -0.39 is 0 Å².